The highest BCUT2D eigenvalue weighted by Crippen LogP contribution is 2.39. The Bertz CT molecular complexity index is 699. The predicted molar refractivity (Wildman–Crippen MR) is 77.2 cm³/mol. The van der Waals surface area contributed by atoms with Gasteiger partial charge in [0.25, 0.3) is 5.22 Å². The molecule has 1 atom stereocenters. The highest BCUT2D eigenvalue weighted by molar-refractivity contribution is 7.99. The number of thioether (sulfide) groups is 1. The lowest BCUT2D eigenvalue weighted by atomic mass is 10.1. The minimum absolute atomic E-state index is 0.128. The lowest BCUT2D eigenvalue weighted by Gasteiger charge is -2.02. The van der Waals surface area contributed by atoms with Crippen molar-refractivity contribution in [1.82, 2.24) is 15.2 Å². The number of carbonyl (C=O) groups is 1. The third kappa shape index (κ3) is 3.31. The maximum Gasteiger partial charge on any atom is 0.277 e. The van der Waals surface area contributed by atoms with Crippen molar-refractivity contribution in [1.29, 1.82) is 5.26 Å². The Morgan fingerprint density at radius 2 is 2.43 bits per heavy atom. The predicted octanol–water partition coefficient (Wildman–Crippen LogP) is 2.68. The molecule has 0 amide bonds. The lowest BCUT2D eigenvalue weighted by molar-refractivity contribution is -0.116. The molecule has 2 aromatic rings. The number of aryl methyl sites for hydroxylation is 1. The fraction of sp³-hybridized carbons (Fsp3) is 0.462. The average molecular weight is 320 g/mol. The van der Waals surface area contributed by atoms with Crippen LogP contribution >= 0.6 is 23.1 Å². The molecule has 0 saturated heterocycles. The van der Waals surface area contributed by atoms with E-state index >= 15 is 0 Å². The number of ketones is 1. The van der Waals surface area contributed by atoms with Crippen LogP contribution in [0.1, 0.15) is 41.3 Å². The SMILES string of the molecule is Cc1csc([C@H](C#N)C(=O)CSc2nnc(C3CC3)o2)n1. The number of nitrogens with zero attached hydrogens (tertiary/aromatic N) is 4. The highest BCUT2D eigenvalue weighted by atomic mass is 32.2. The summed E-state index contributed by atoms with van der Waals surface area (Å²) < 4.78 is 5.47. The summed E-state index contributed by atoms with van der Waals surface area (Å²) >= 11 is 2.51. The summed E-state index contributed by atoms with van der Waals surface area (Å²) in [5, 5.41) is 19.8. The van der Waals surface area contributed by atoms with Crippen molar-refractivity contribution in [2.75, 3.05) is 5.75 Å². The molecule has 0 aromatic carbocycles. The van der Waals surface area contributed by atoms with Crippen LogP contribution in [0.5, 0.6) is 0 Å². The van der Waals surface area contributed by atoms with Gasteiger partial charge in [-0.05, 0) is 19.8 Å². The van der Waals surface area contributed by atoms with Crippen LogP contribution in [0.4, 0.5) is 0 Å². The third-order valence-corrected chi connectivity index (χ3v) is 4.89. The number of Topliss-reactive ketones (excluding diaryl/α,β-unsaturated/α-hetero) is 1. The van der Waals surface area contributed by atoms with Crippen molar-refractivity contribution < 1.29 is 9.21 Å². The molecule has 1 aliphatic carbocycles. The van der Waals surface area contributed by atoms with Gasteiger partial charge in [0.2, 0.25) is 5.89 Å². The highest BCUT2D eigenvalue weighted by Gasteiger charge is 2.30. The van der Waals surface area contributed by atoms with Crippen LogP contribution in [0.3, 0.4) is 0 Å². The van der Waals surface area contributed by atoms with Gasteiger partial charge < -0.3 is 4.42 Å². The maximum absolute atomic E-state index is 12.1. The summed E-state index contributed by atoms with van der Waals surface area (Å²) in [6.45, 7) is 1.84. The van der Waals surface area contributed by atoms with Gasteiger partial charge in [-0.15, -0.1) is 21.5 Å². The van der Waals surface area contributed by atoms with E-state index in [2.05, 4.69) is 15.2 Å². The fourth-order valence-electron chi connectivity index (χ4n) is 1.76. The number of carbonyl (C=O) groups excluding carboxylic acids is 1. The van der Waals surface area contributed by atoms with Crippen LogP contribution in [0, 0.1) is 18.3 Å². The zero-order valence-corrected chi connectivity index (χ0v) is 12.9. The quantitative estimate of drug-likeness (QED) is 0.755. The first kappa shape index (κ1) is 14.2. The normalized spacial score (nSPS) is 15.6. The van der Waals surface area contributed by atoms with E-state index in [1.54, 1.807) is 0 Å². The van der Waals surface area contributed by atoms with E-state index in [0.717, 1.165) is 18.5 Å². The van der Waals surface area contributed by atoms with Gasteiger partial charge in [0.1, 0.15) is 5.01 Å². The smallest absolute Gasteiger partial charge is 0.277 e. The second kappa shape index (κ2) is 5.95. The lowest BCUT2D eigenvalue weighted by Crippen LogP contribution is -2.13. The molecule has 21 heavy (non-hydrogen) atoms. The molecule has 0 bridgehead atoms. The third-order valence-electron chi connectivity index (χ3n) is 3.02. The van der Waals surface area contributed by atoms with Gasteiger partial charge in [-0.1, -0.05) is 11.8 Å². The molecule has 3 rings (SSSR count). The number of rotatable bonds is 6. The van der Waals surface area contributed by atoms with Crippen LogP contribution in [0.15, 0.2) is 15.0 Å². The molecule has 0 radical (unpaired) electrons. The van der Waals surface area contributed by atoms with Crippen molar-refractivity contribution >= 4 is 28.9 Å². The van der Waals surface area contributed by atoms with E-state index in [1.807, 2.05) is 18.4 Å². The van der Waals surface area contributed by atoms with Crippen LogP contribution in [0.25, 0.3) is 0 Å². The summed E-state index contributed by atoms with van der Waals surface area (Å²) in [4.78, 5) is 16.4. The molecule has 2 heterocycles. The summed E-state index contributed by atoms with van der Waals surface area (Å²) in [7, 11) is 0. The van der Waals surface area contributed by atoms with Crippen molar-refractivity contribution in [3.63, 3.8) is 0 Å². The standard InChI is InChI=1S/C13H12N4O2S2/c1-7-5-20-12(15-7)9(4-14)10(18)6-21-13-17-16-11(19-13)8-2-3-8/h5,8-9H,2-3,6H2,1H3/t9-/m1/s1. The molecule has 0 aliphatic heterocycles. The molecular weight excluding hydrogens is 308 g/mol. The van der Waals surface area contributed by atoms with Gasteiger partial charge in [0, 0.05) is 17.0 Å². The first-order chi connectivity index (χ1) is 10.2. The van der Waals surface area contributed by atoms with Crippen molar-refractivity contribution in [3.8, 4) is 6.07 Å². The second-order valence-electron chi connectivity index (χ2n) is 4.82. The van der Waals surface area contributed by atoms with E-state index < -0.39 is 5.92 Å². The molecule has 8 heteroatoms. The largest absolute Gasteiger partial charge is 0.416 e. The summed E-state index contributed by atoms with van der Waals surface area (Å²) in [5.41, 5.74) is 0.821. The molecular formula is C13H12N4O2S2. The molecule has 1 saturated carbocycles. The van der Waals surface area contributed by atoms with Gasteiger partial charge in [0.05, 0.1) is 11.8 Å². The van der Waals surface area contributed by atoms with Crippen molar-refractivity contribution in [2.24, 2.45) is 0 Å². The Hall–Kier alpha value is -1.72. The van der Waals surface area contributed by atoms with Gasteiger partial charge in [0.15, 0.2) is 11.7 Å². The number of nitriles is 1. The van der Waals surface area contributed by atoms with Gasteiger partial charge in [-0.25, -0.2) is 4.98 Å². The zero-order valence-electron chi connectivity index (χ0n) is 11.3. The molecule has 108 valence electrons. The Labute approximate surface area is 129 Å². The van der Waals surface area contributed by atoms with E-state index in [0.29, 0.717) is 22.0 Å². The summed E-state index contributed by atoms with van der Waals surface area (Å²) in [5.74, 6) is 0.165. The Morgan fingerprint density at radius 1 is 1.62 bits per heavy atom. The monoisotopic (exact) mass is 320 g/mol. The summed E-state index contributed by atoms with van der Waals surface area (Å²) in [6, 6.07) is 2.02. The number of hydrogen-bond acceptors (Lipinski definition) is 8. The van der Waals surface area contributed by atoms with E-state index in [9.17, 15) is 10.1 Å². The van der Waals surface area contributed by atoms with Gasteiger partial charge in [-0.2, -0.15) is 5.26 Å². The van der Waals surface area contributed by atoms with Gasteiger partial charge in [-0.3, -0.25) is 4.79 Å². The Morgan fingerprint density at radius 3 is 3.05 bits per heavy atom. The first-order valence-corrected chi connectivity index (χ1v) is 8.34. The molecule has 2 aromatic heterocycles. The second-order valence-corrected chi connectivity index (χ2v) is 6.64. The van der Waals surface area contributed by atoms with Crippen LogP contribution in [0.2, 0.25) is 0 Å². The van der Waals surface area contributed by atoms with Crippen LogP contribution < -0.4 is 0 Å². The fourth-order valence-corrected chi connectivity index (χ4v) is 3.30. The van der Waals surface area contributed by atoms with Crippen molar-refractivity contribution in [3.05, 3.63) is 22.0 Å². The van der Waals surface area contributed by atoms with Crippen LogP contribution in [-0.2, 0) is 4.79 Å². The Balaban J connectivity index is 1.60. The minimum atomic E-state index is -0.818. The van der Waals surface area contributed by atoms with Crippen molar-refractivity contribution in [2.45, 2.75) is 36.8 Å². The molecule has 1 fully saturated rings. The summed E-state index contributed by atoms with van der Waals surface area (Å²) in [6.07, 6.45) is 2.18. The number of aromatic nitrogens is 3. The maximum atomic E-state index is 12.1. The average Bonchev–Trinajstić information content (AvgIpc) is 3.07. The zero-order chi connectivity index (χ0) is 14.8. The molecule has 0 spiro atoms. The topological polar surface area (TPSA) is 92.7 Å². The Kier molecular flexibility index (Phi) is 4.03. The van der Waals surface area contributed by atoms with E-state index in [4.69, 9.17) is 4.42 Å². The van der Waals surface area contributed by atoms with Gasteiger partial charge >= 0.3 is 0 Å². The van der Waals surface area contributed by atoms with Crippen LogP contribution in [-0.4, -0.2) is 26.7 Å². The number of thiazole rings is 1. The van der Waals surface area contributed by atoms with E-state index in [1.165, 1.54) is 23.1 Å². The minimum Gasteiger partial charge on any atom is -0.416 e. The molecule has 1 aliphatic rings. The van der Waals surface area contributed by atoms with E-state index in [-0.39, 0.29) is 11.5 Å². The molecule has 6 nitrogen and oxygen atoms in total. The molecule has 0 unspecified atom stereocenters. The first-order valence-electron chi connectivity index (χ1n) is 6.48. The molecule has 0 N–H and O–H groups in total. The number of hydrogen-bond donors (Lipinski definition) is 0.